The van der Waals surface area contributed by atoms with Gasteiger partial charge in [-0.25, -0.2) is 0 Å². The maximum Gasteiger partial charge on any atom is 0.127 e. The summed E-state index contributed by atoms with van der Waals surface area (Å²) >= 11 is 0. The van der Waals surface area contributed by atoms with E-state index in [0.717, 1.165) is 50.6 Å². The van der Waals surface area contributed by atoms with Crippen molar-refractivity contribution < 1.29 is 9.47 Å². The van der Waals surface area contributed by atoms with Gasteiger partial charge in [0.25, 0.3) is 0 Å². The van der Waals surface area contributed by atoms with Crippen molar-refractivity contribution in [2.24, 2.45) is 0 Å². The highest BCUT2D eigenvalue weighted by Gasteiger charge is 2.25. The molecule has 2 heterocycles. The van der Waals surface area contributed by atoms with Crippen molar-refractivity contribution in [1.29, 1.82) is 0 Å². The minimum Gasteiger partial charge on any atom is -0.493 e. The molecule has 0 fully saturated rings. The van der Waals surface area contributed by atoms with Gasteiger partial charge in [0.1, 0.15) is 11.5 Å². The second-order valence-corrected chi connectivity index (χ2v) is 4.30. The first-order valence-corrected chi connectivity index (χ1v) is 6.04. The van der Waals surface area contributed by atoms with Gasteiger partial charge >= 0.3 is 0 Å². The largest absolute Gasteiger partial charge is 0.493 e. The average molecular weight is 219 g/mol. The second-order valence-electron chi connectivity index (χ2n) is 4.30. The predicted molar refractivity (Wildman–Crippen MR) is 62.2 cm³/mol. The first-order valence-electron chi connectivity index (χ1n) is 6.04. The zero-order valence-corrected chi connectivity index (χ0v) is 9.64. The molecule has 0 saturated carbocycles. The summed E-state index contributed by atoms with van der Waals surface area (Å²) in [5.74, 6) is 2.20. The third kappa shape index (κ3) is 1.47. The number of nitrogens with one attached hydrogen (secondary N) is 1. The van der Waals surface area contributed by atoms with Gasteiger partial charge in [-0.1, -0.05) is 6.92 Å². The fourth-order valence-corrected chi connectivity index (χ4v) is 2.52. The van der Waals surface area contributed by atoms with Crippen LogP contribution in [0.25, 0.3) is 0 Å². The van der Waals surface area contributed by atoms with Gasteiger partial charge in [-0.2, -0.15) is 0 Å². The smallest absolute Gasteiger partial charge is 0.127 e. The molecule has 1 aromatic carbocycles. The topological polar surface area (TPSA) is 30.5 Å². The lowest BCUT2D eigenvalue weighted by atomic mass is 9.99. The van der Waals surface area contributed by atoms with Gasteiger partial charge in [-0.3, -0.25) is 0 Å². The summed E-state index contributed by atoms with van der Waals surface area (Å²) in [4.78, 5) is 0. The summed E-state index contributed by atoms with van der Waals surface area (Å²) in [6.45, 7) is 5.64. The lowest BCUT2D eigenvalue weighted by molar-refractivity contribution is 0.352. The average Bonchev–Trinajstić information content (AvgIpc) is 2.91. The van der Waals surface area contributed by atoms with Crippen LogP contribution < -0.4 is 14.8 Å². The van der Waals surface area contributed by atoms with Crippen LogP contribution in [0.5, 0.6) is 11.5 Å². The molecule has 0 radical (unpaired) electrons. The maximum atomic E-state index is 5.76. The van der Waals surface area contributed by atoms with Crippen LogP contribution in [-0.4, -0.2) is 19.8 Å². The molecule has 0 spiro atoms. The first kappa shape index (κ1) is 9.97. The molecule has 86 valence electrons. The van der Waals surface area contributed by atoms with Crippen LogP contribution in [0, 0.1) is 0 Å². The van der Waals surface area contributed by atoms with E-state index in [-0.39, 0.29) is 0 Å². The summed E-state index contributed by atoms with van der Waals surface area (Å²) in [5, 5.41) is 3.39. The Bertz CT molecular complexity index is 383. The van der Waals surface area contributed by atoms with Crippen molar-refractivity contribution in [3.05, 3.63) is 22.8 Å². The molecule has 1 N–H and O–H groups in total. The zero-order valence-electron chi connectivity index (χ0n) is 9.64. The minimum absolute atomic E-state index is 0.817. The molecule has 3 nitrogen and oxygen atoms in total. The Morgan fingerprint density at radius 1 is 1.25 bits per heavy atom. The van der Waals surface area contributed by atoms with E-state index < -0.39 is 0 Å². The molecule has 1 aromatic rings. The second kappa shape index (κ2) is 3.98. The number of fused-ring (bicyclic) bond motifs is 2. The Morgan fingerprint density at radius 3 is 3.00 bits per heavy atom. The SMILES string of the molecule is CCNCc1c2c(cc3c1OCC3)OCC2. The van der Waals surface area contributed by atoms with Crippen molar-refractivity contribution in [3.63, 3.8) is 0 Å². The van der Waals surface area contributed by atoms with Crippen LogP contribution in [0.3, 0.4) is 0 Å². The molecular formula is C13H17NO2. The number of ether oxygens (including phenoxy) is 2. The lowest BCUT2D eigenvalue weighted by Crippen LogP contribution is -2.14. The molecule has 2 aliphatic rings. The molecule has 16 heavy (non-hydrogen) atoms. The minimum atomic E-state index is 0.817. The first-order chi connectivity index (χ1) is 7.90. The van der Waals surface area contributed by atoms with E-state index in [0.29, 0.717) is 0 Å². The van der Waals surface area contributed by atoms with Crippen molar-refractivity contribution >= 4 is 0 Å². The van der Waals surface area contributed by atoms with Crippen molar-refractivity contribution in [1.82, 2.24) is 5.32 Å². The molecule has 3 rings (SSSR count). The number of rotatable bonds is 3. The highest BCUT2D eigenvalue weighted by Crippen LogP contribution is 2.40. The molecule has 3 heteroatoms. The molecule has 0 atom stereocenters. The van der Waals surface area contributed by atoms with E-state index in [1.165, 1.54) is 16.7 Å². The van der Waals surface area contributed by atoms with E-state index in [1.54, 1.807) is 0 Å². The molecule has 2 aliphatic heterocycles. The van der Waals surface area contributed by atoms with Gasteiger partial charge < -0.3 is 14.8 Å². The normalized spacial score (nSPS) is 16.6. The Labute approximate surface area is 95.8 Å². The van der Waals surface area contributed by atoms with E-state index >= 15 is 0 Å². The Balaban J connectivity index is 2.05. The van der Waals surface area contributed by atoms with Gasteiger partial charge in [-0.05, 0) is 12.6 Å². The Morgan fingerprint density at radius 2 is 2.12 bits per heavy atom. The summed E-state index contributed by atoms with van der Waals surface area (Å²) in [7, 11) is 0. The fraction of sp³-hybridized carbons (Fsp3) is 0.538. The van der Waals surface area contributed by atoms with Crippen LogP contribution >= 0.6 is 0 Å². The summed E-state index contributed by atoms with van der Waals surface area (Å²) in [6, 6.07) is 2.17. The molecular weight excluding hydrogens is 202 g/mol. The van der Waals surface area contributed by atoms with Crippen molar-refractivity contribution in [3.8, 4) is 11.5 Å². The molecule has 0 unspecified atom stereocenters. The molecule has 0 saturated heterocycles. The van der Waals surface area contributed by atoms with Crippen molar-refractivity contribution in [2.45, 2.75) is 26.3 Å². The van der Waals surface area contributed by atoms with E-state index in [2.05, 4.69) is 18.3 Å². The Hall–Kier alpha value is -1.22. The fourth-order valence-electron chi connectivity index (χ4n) is 2.52. The monoisotopic (exact) mass is 219 g/mol. The van der Waals surface area contributed by atoms with Gasteiger partial charge in [0, 0.05) is 36.1 Å². The van der Waals surface area contributed by atoms with Crippen LogP contribution in [0.1, 0.15) is 23.6 Å². The molecule has 0 aliphatic carbocycles. The van der Waals surface area contributed by atoms with E-state index in [4.69, 9.17) is 9.47 Å². The van der Waals surface area contributed by atoms with Crippen LogP contribution in [0.15, 0.2) is 6.07 Å². The Kier molecular flexibility index (Phi) is 2.48. The number of benzene rings is 1. The van der Waals surface area contributed by atoms with Crippen molar-refractivity contribution in [2.75, 3.05) is 19.8 Å². The summed E-state index contributed by atoms with van der Waals surface area (Å²) in [6.07, 6.45) is 2.04. The highest BCUT2D eigenvalue weighted by molar-refractivity contribution is 5.56. The third-order valence-corrected chi connectivity index (χ3v) is 3.31. The summed E-state index contributed by atoms with van der Waals surface area (Å²) in [5.41, 5.74) is 3.99. The van der Waals surface area contributed by atoms with Crippen LogP contribution in [-0.2, 0) is 19.4 Å². The van der Waals surface area contributed by atoms with Gasteiger partial charge in [0.2, 0.25) is 0 Å². The van der Waals surface area contributed by atoms with E-state index in [1.807, 2.05) is 0 Å². The highest BCUT2D eigenvalue weighted by atomic mass is 16.5. The maximum absolute atomic E-state index is 5.76. The zero-order chi connectivity index (χ0) is 11.0. The van der Waals surface area contributed by atoms with Crippen LogP contribution in [0.4, 0.5) is 0 Å². The standard InChI is InChI=1S/C13H17NO2/c1-2-14-8-11-10-4-6-15-12(10)7-9-3-5-16-13(9)11/h7,14H,2-6,8H2,1H3. The predicted octanol–water partition coefficient (Wildman–Crippen LogP) is 1.67. The van der Waals surface area contributed by atoms with Gasteiger partial charge in [0.05, 0.1) is 13.2 Å². The van der Waals surface area contributed by atoms with Gasteiger partial charge in [-0.15, -0.1) is 0 Å². The van der Waals surface area contributed by atoms with E-state index in [9.17, 15) is 0 Å². The quantitative estimate of drug-likeness (QED) is 0.838. The molecule has 0 amide bonds. The number of hydrogen-bond acceptors (Lipinski definition) is 3. The summed E-state index contributed by atoms with van der Waals surface area (Å²) < 4.78 is 11.4. The van der Waals surface area contributed by atoms with Crippen LogP contribution in [0.2, 0.25) is 0 Å². The van der Waals surface area contributed by atoms with Gasteiger partial charge in [0.15, 0.2) is 0 Å². The molecule has 0 bridgehead atoms. The number of hydrogen-bond donors (Lipinski definition) is 1. The lowest BCUT2D eigenvalue weighted by Gasteiger charge is -2.12. The molecule has 0 aromatic heterocycles. The third-order valence-electron chi connectivity index (χ3n) is 3.31.